The number of amides is 1. The van der Waals surface area contributed by atoms with Crippen molar-refractivity contribution in [2.24, 2.45) is 0 Å². The molecular weight excluding hydrogens is 316 g/mol. The van der Waals surface area contributed by atoms with E-state index in [1.165, 1.54) is 0 Å². The van der Waals surface area contributed by atoms with Crippen LogP contribution in [0.25, 0.3) is 10.9 Å². The second-order valence-electron chi connectivity index (χ2n) is 5.70. The van der Waals surface area contributed by atoms with Crippen molar-refractivity contribution >= 4 is 28.6 Å². The van der Waals surface area contributed by atoms with Gasteiger partial charge in [-0.2, -0.15) is 0 Å². The van der Waals surface area contributed by atoms with Gasteiger partial charge in [0.2, 0.25) is 0 Å². The summed E-state index contributed by atoms with van der Waals surface area (Å²) >= 11 is 6.25. The molecule has 1 aromatic carbocycles. The van der Waals surface area contributed by atoms with Gasteiger partial charge in [-0.1, -0.05) is 17.7 Å². The average Bonchev–Trinajstić information content (AvgIpc) is 2.54. The molecule has 0 spiro atoms. The van der Waals surface area contributed by atoms with Gasteiger partial charge in [0.1, 0.15) is 6.61 Å². The number of carbonyl (C=O) groups excluding carboxylic acids is 1. The summed E-state index contributed by atoms with van der Waals surface area (Å²) in [7, 11) is 0. The number of hydrogen-bond donors (Lipinski definition) is 1. The van der Waals surface area contributed by atoms with Crippen LogP contribution in [0.4, 0.5) is 4.79 Å². The van der Waals surface area contributed by atoms with E-state index in [1.807, 2.05) is 31.2 Å². The molecule has 6 heteroatoms. The molecular formula is C17H19ClN2O3. The number of rotatable bonds is 3. The standard InChI is InChI=1S/C17H19ClN2O3/c1-11-8-15(18)14-9-12(2-3-16(14)19-11)10-23-17(21)20-13-4-6-22-7-5-13/h2-3,8-9,13H,4-7,10H2,1H3,(H,20,21). The predicted molar refractivity (Wildman–Crippen MR) is 88.7 cm³/mol. The molecule has 0 atom stereocenters. The highest BCUT2D eigenvalue weighted by molar-refractivity contribution is 6.35. The SMILES string of the molecule is Cc1cc(Cl)c2cc(COC(=O)NC3CCOCC3)ccc2n1. The van der Waals surface area contributed by atoms with E-state index in [4.69, 9.17) is 21.1 Å². The van der Waals surface area contributed by atoms with Crippen LogP contribution in [-0.4, -0.2) is 30.3 Å². The molecule has 1 amide bonds. The molecule has 0 saturated carbocycles. The van der Waals surface area contributed by atoms with Crippen molar-refractivity contribution in [1.82, 2.24) is 10.3 Å². The summed E-state index contributed by atoms with van der Waals surface area (Å²) in [6, 6.07) is 7.66. The Kier molecular flexibility index (Phi) is 4.98. The van der Waals surface area contributed by atoms with E-state index in [0.29, 0.717) is 18.2 Å². The minimum absolute atomic E-state index is 0.134. The molecule has 5 nitrogen and oxygen atoms in total. The number of fused-ring (bicyclic) bond motifs is 1. The van der Waals surface area contributed by atoms with Crippen molar-refractivity contribution in [2.75, 3.05) is 13.2 Å². The maximum absolute atomic E-state index is 11.8. The minimum atomic E-state index is -0.398. The molecule has 0 unspecified atom stereocenters. The van der Waals surface area contributed by atoms with Crippen LogP contribution < -0.4 is 5.32 Å². The third-order valence-electron chi connectivity index (χ3n) is 3.86. The first kappa shape index (κ1) is 16.0. The number of benzene rings is 1. The number of nitrogens with zero attached hydrogens (tertiary/aromatic N) is 1. The summed E-state index contributed by atoms with van der Waals surface area (Å²) < 4.78 is 10.5. The normalized spacial score (nSPS) is 15.6. The Hall–Kier alpha value is -1.85. The van der Waals surface area contributed by atoms with E-state index in [0.717, 1.165) is 35.0 Å². The number of ether oxygens (including phenoxy) is 2. The number of pyridine rings is 1. The molecule has 1 saturated heterocycles. The zero-order valence-corrected chi connectivity index (χ0v) is 13.7. The molecule has 3 rings (SSSR count). The Bertz CT molecular complexity index is 714. The second-order valence-corrected chi connectivity index (χ2v) is 6.11. The summed E-state index contributed by atoms with van der Waals surface area (Å²) in [6.45, 7) is 3.47. The minimum Gasteiger partial charge on any atom is -0.445 e. The van der Waals surface area contributed by atoms with E-state index in [2.05, 4.69) is 10.3 Å². The quantitative estimate of drug-likeness (QED) is 0.931. The first-order valence-electron chi connectivity index (χ1n) is 7.68. The molecule has 0 radical (unpaired) electrons. The van der Waals surface area contributed by atoms with Crippen LogP contribution in [0.5, 0.6) is 0 Å². The third kappa shape index (κ3) is 4.12. The molecule has 2 heterocycles. The van der Waals surface area contributed by atoms with Crippen molar-refractivity contribution in [3.63, 3.8) is 0 Å². The number of halogens is 1. The lowest BCUT2D eigenvalue weighted by atomic mass is 10.1. The molecule has 0 bridgehead atoms. The monoisotopic (exact) mass is 334 g/mol. The maximum atomic E-state index is 11.8. The van der Waals surface area contributed by atoms with Crippen LogP contribution in [0.15, 0.2) is 24.3 Å². The van der Waals surface area contributed by atoms with Gasteiger partial charge < -0.3 is 14.8 Å². The fourth-order valence-electron chi connectivity index (χ4n) is 2.64. The van der Waals surface area contributed by atoms with Gasteiger partial charge in [-0.05, 0) is 43.5 Å². The predicted octanol–water partition coefficient (Wildman–Crippen LogP) is 3.60. The molecule has 1 fully saturated rings. The topological polar surface area (TPSA) is 60.5 Å². The van der Waals surface area contributed by atoms with Crippen LogP contribution in [0.3, 0.4) is 0 Å². The van der Waals surface area contributed by atoms with E-state index >= 15 is 0 Å². The van der Waals surface area contributed by atoms with Crippen LogP contribution in [-0.2, 0) is 16.1 Å². The van der Waals surface area contributed by atoms with Gasteiger partial charge in [0.05, 0.1) is 10.5 Å². The molecule has 2 aromatic rings. The van der Waals surface area contributed by atoms with Crippen molar-refractivity contribution in [3.05, 3.63) is 40.5 Å². The Balaban J connectivity index is 1.61. The lowest BCUT2D eigenvalue weighted by Crippen LogP contribution is -2.39. The van der Waals surface area contributed by atoms with Crippen LogP contribution in [0.1, 0.15) is 24.1 Å². The molecule has 1 aromatic heterocycles. The average molecular weight is 335 g/mol. The van der Waals surface area contributed by atoms with Gasteiger partial charge in [0.15, 0.2) is 0 Å². The summed E-state index contributed by atoms with van der Waals surface area (Å²) in [5, 5.41) is 4.38. The number of alkyl carbamates (subject to hydrolysis) is 1. The van der Waals surface area contributed by atoms with Gasteiger partial charge in [0, 0.05) is 30.3 Å². The number of carbonyl (C=O) groups is 1. The molecule has 1 aliphatic rings. The first-order valence-corrected chi connectivity index (χ1v) is 8.06. The third-order valence-corrected chi connectivity index (χ3v) is 4.18. The number of nitrogens with one attached hydrogen (secondary N) is 1. The van der Waals surface area contributed by atoms with Crippen LogP contribution in [0.2, 0.25) is 5.02 Å². The van der Waals surface area contributed by atoms with E-state index in [-0.39, 0.29) is 12.6 Å². The highest BCUT2D eigenvalue weighted by Crippen LogP contribution is 2.24. The van der Waals surface area contributed by atoms with Gasteiger partial charge in [0.25, 0.3) is 0 Å². The number of hydrogen-bond acceptors (Lipinski definition) is 4. The molecule has 122 valence electrons. The van der Waals surface area contributed by atoms with E-state index in [9.17, 15) is 4.79 Å². The second kappa shape index (κ2) is 7.15. The van der Waals surface area contributed by atoms with E-state index in [1.54, 1.807) is 0 Å². The first-order chi connectivity index (χ1) is 11.1. The Morgan fingerprint density at radius 1 is 1.39 bits per heavy atom. The lowest BCUT2D eigenvalue weighted by Gasteiger charge is -2.22. The van der Waals surface area contributed by atoms with Gasteiger partial charge in [-0.15, -0.1) is 0 Å². The van der Waals surface area contributed by atoms with E-state index < -0.39 is 6.09 Å². The summed E-state index contributed by atoms with van der Waals surface area (Å²) in [6.07, 6.45) is 1.25. The molecule has 1 aliphatic heterocycles. The maximum Gasteiger partial charge on any atom is 0.407 e. The van der Waals surface area contributed by atoms with Crippen LogP contribution in [0, 0.1) is 6.92 Å². The largest absolute Gasteiger partial charge is 0.445 e. The van der Waals surface area contributed by atoms with Crippen molar-refractivity contribution in [2.45, 2.75) is 32.4 Å². The highest BCUT2D eigenvalue weighted by atomic mass is 35.5. The number of aryl methyl sites for hydroxylation is 1. The lowest BCUT2D eigenvalue weighted by molar-refractivity contribution is 0.0725. The van der Waals surface area contributed by atoms with Crippen molar-refractivity contribution in [3.8, 4) is 0 Å². The summed E-state index contributed by atoms with van der Waals surface area (Å²) in [5.41, 5.74) is 2.60. The Morgan fingerprint density at radius 2 is 2.17 bits per heavy atom. The smallest absolute Gasteiger partial charge is 0.407 e. The van der Waals surface area contributed by atoms with Gasteiger partial charge in [-0.25, -0.2) is 4.79 Å². The van der Waals surface area contributed by atoms with Gasteiger partial charge in [-0.3, -0.25) is 4.98 Å². The molecule has 0 aliphatic carbocycles. The molecule has 1 N–H and O–H groups in total. The van der Waals surface area contributed by atoms with Crippen molar-refractivity contribution in [1.29, 1.82) is 0 Å². The zero-order valence-electron chi connectivity index (χ0n) is 13.0. The van der Waals surface area contributed by atoms with Gasteiger partial charge >= 0.3 is 6.09 Å². The Labute approximate surface area is 139 Å². The van der Waals surface area contributed by atoms with Crippen molar-refractivity contribution < 1.29 is 14.3 Å². The fraction of sp³-hybridized carbons (Fsp3) is 0.412. The summed E-state index contributed by atoms with van der Waals surface area (Å²) in [4.78, 5) is 16.3. The highest BCUT2D eigenvalue weighted by Gasteiger charge is 2.16. The number of aromatic nitrogens is 1. The molecule has 23 heavy (non-hydrogen) atoms. The Morgan fingerprint density at radius 3 is 2.96 bits per heavy atom. The zero-order chi connectivity index (χ0) is 16.2. The van der Waals surface area contributed by atoms with Crippen LogP contribution >= 0.6 is 11.6 Å². The fourth-order valence-corrected chi connectivity index (χ4v) is 2.95. The summed E-state index contributed by atoms with van der Waals surface area (Å²) in [5.74, 6) is 0.